The quantitative estimate of drug-likeness (QED) is 0.703. The highest BCUT2D eigenvalue weighted by atomic mass is 16.5. The molecule has 0 aliphatic heterocycles. The molecule has 1 aromatic rings. The van der Waals surface area contributed by atoms with Gasteiger partial charge in [-0.3, -0.25) is 0 Å². The van der Waals surface area contributed by atoms with Crippen molar-refractivity contribution in [1.29, 1.82) is 5.26 Å². The van der Waals surface area contributed by atoms with Crippen LogP contribution >= 0.6 is 0 Å². The van der Waals surface area contributed by atoms with E-state index in [0.29, 0.717) is 5.56 Å². The molecule has 1 aromatic carbocycles. The summed E-state index contributed by atoms with van der Waals surface area (Å²) in [5, 5.41) is 8.80. The van der Waals surface area contributed by atoms with Gasteiger partial charge in [0.2, 0.25) is 0 Å². The van der Waals surface area contributed by atoms with E-state index < -0.39 is 0 Å². The first-order chi connectivity index (χ1) is 7.19. The molecule has 0 heterocycles. The van der Waals surface area contributed by atoms with Crippen LogP contribution in [-0.2, 0) is 0 Å². The fraction of sp³-hybridized carbons (Fsp3) is 0.462. The van der Waals surface area contributed by atoms with Gasteiger partial charge in [-0.2, -0.15) is 5.26 Å². The van der Waals surface area contributed by atoms with Crippen LogP contribution in [0.5, 0.6) is 5.75 Å². The van der Waals surface area contributed by atoms with Crippen molar-refractivity contribution in [1.82, 2.24) is 0 Å². The van der Waals surface area contributed by atoms with E-state index in [4.69, 9.17) is 10.00 Å². The first-order valence-electron chi connectivity index (χ1n) is 5.33. The predicted molar refractivity (Wildman–Crippen MR) is 61.0 cm³/mol. The van der Waals surface area contributed by atoms with Gasteiger partial charge in [-0.05, 0) is 43.5 Å². The number of unbranched alkanes of at least 4 members (excludes halogenated alkanes) is 1. The van der Waals surface area contributed by atoms with Crippen LogP contribution in [0.15, 0.2) is 12.1 Å². The molecule has 0 unspecified atom stereocenters. The zero-order chi connectivity index (χ0) is 11.3. The molecule has 1 rings (SSSR count). The third-order valence-electron chi connectivity index (χ3n) is 2.33. The largest absolute Gasteiger partial charge is 0.493 e. The first kappa shape index (κ1) is 11.6. The summed E-state index contributed by atoms with van der Waals surface area (Å²) in [5.74, 6) is 0.933. The molecule has 0 saturated heterocycles. The maximum absolute atomic E-state index is 8.80. The second-order valence-electron chi connectivity index (χ2n) is 3.75. The van der Waals surface area contributed by atoms with Crippen LogP contribution in [0.3, 0.4) is 0 Å². The van der Waals surface area contributed by atoms with E-state index in [1.807, 2.05) is 26.0 Å². The summed E-state index contributed by atoms with van der Waals surface area (Å²) in [6, 6.07) is 5.89. The average Bonchev–Trinajstić information content (AvgIpc) is 2.22. The fourth-order valence-electron chi connectivity index (χ4n) is 1.56. The van der Waals surface area contributed by atoms with E-state index in [9.17, 15) is 0 Å². The molecule has 0 aliphatic carbocycles. The molecule has 0 N–H and O–H groups in total. The maximum Gasteiger partial charge on any atom is 0.125 e. The van der Waals surface area contributed by atoms with Crippen molar-refractivity contribution in [3.05, 3.63) is 28.8 Å². The van der Waals surface area contributed by atoms with Crippen LogP contribution < -0.4 is 4.74 Å². The number of ether oxygens (including phenoxy) is 1. The molecule has 0 bridgehead atoms. The Morgan fingerprint density at radius 1 is 1.27 bits per heavy atom. The topological polar surface area (TPSA) is 33.0 Å². The summed E-state index contributed by atoms with van der Waals surface area (Å²) in [6.07, 6.45) is 2.20. The highest BCUT2D eigenvalue weighted by molar-refractivity contribution is 5.47. The third kappa shape index (κ3) is 2.99. The summed E-state index contributed by atoms with van der Waals surface area (Å²) in [7, 11) is 0. The predicted octanol–water partition coefficient (Wildman–Crippen LogP) is 3.35. The Morgan fingerprint density at radius 3 is 2.33 bits per heavy atom. The lowest BCUT2D eigenvalue weighted by Gasteiger charge is -2.11. The molecule has 2 heteroatoms. The molecule has 0 fully saturated rings. The van der Waals surface area contributed by atoms with Crippen LogP contribution in [0.4, 0.5) is 0 Å². The van der Waals surface area contributed by atoms with Crippen LogP contribution in [0.1, 0.15) is 36.5 Å². The summed E-state index contributed by atoms with van der Waals surface area (Å²) < 4.78 is 5.70. The van der Waals surface area contributed by atoms with Gasteiger partial charge < -0.3 is 4.74 Å². The molecule has 0 saturated carbocycles. The van der Waals surface area contributed by atoms with Gasteiger partial charge in [-0.15, -0.1) is 0 Å². The number of rotatable bonds is 4. The standard InChI is InChI=1S/C13H17NO/c1-4-5-6-15-13-10(2)7-12(9-14)8-11(13)3/h7-8H,4-6H2,1-3H3. The van der Waals surface area contributed by atoms with Gasteiger partial charge in [0, 0.05) is 0 Å². The molecule has 80 valence electrons. The second kappa shape index (κ2) is 5.41. The van der Waals surface area contributed by atoms with E-state index in [1.165, 1.54) is 0 Å². The van der Waals surface area contributed by atoms with E-state index in [-0.39, 0.29) is 0 Å². The smallest absolute Gasteiger partial charge is 0.125 e. The molecule has 0 aromatic heterocycles. The second-order valence-corrected chi connectivity index (χ2v) is 3.75. The van der Waals surface area contributed by atoms with Gasteiger partial charge in [0.25, 0.3) is 0 Å². The van der Waals surface area contributed by atoms with Crippen LogP contribution in [0, 0.1) is 25.2 Å². The third-order valence-corrected chi connectivity index (χ3v) is 2.33. The van der Waals surface area contributed by atoms with Gasteiger partial charge in [0.15, 0.2) is 0 Å². The number of benzene rings is 1. The molecule has 0 radical (unpaired) electrons. The van der Waals surface area contributed by atoms with Crippen molar-refractivity contribution >= 4 is 0 Å². The highest BCUT2D eigenvalue weighted by Crippen LogP contribution is 2.24. The summed E-state index contributed by atoms with van der Waals surface area (Å²) >= 11 is 0. The van der Waals surface area contributed by atoms with Gasteiger partial charge in [0.1, 0.15) is 5.75 Å². The zero-order valence-electron chi connectivity index (χ0n) is 9.63. The minimum absolute atomic E-state index is 0.702. The number of hydrogen-bond acceptors (Lipinski definition) is 2. The van der Waals surface area contributed by atoms with Gasteiger partial charge >= 0.3 is 0 Å². The lowest BCUT2D eigenvalue weighted by Crippen LogP contribution is -2.00. The van der Waals surface area contributed by atoms with Crippen LogP contribution in [0.25, 0.3) is 0 Å². The lowest BCUT2D eigenvalue weighted by atomic mass is 10.1. The molecule has 0 atom stereocenters. The van der Waals surface area contributed by atoms with Crippen molar-refractivity contribution < 1.29 is 4.74 Å². The minimum atomic E-state index is 0.702. The molecule has 15 heavy (non-hydrogen) atoms. The molecule has 2 nitrogen and oxygen atoms in total. The fourth-order valence-corrected chi connectivity index (χ4v) is 1.56. The van der Waals surface area contributed by atoms with Crippen molar-refractivity contribution in [3.63, 3.8) is 0 Å². The Morgan fingerprint density at radius 2 is 1.87 bits per heavy atom. The van der Waals surface area contributed by atoms with Crippen molar-refractivity contribution in [2.45, 2.75) is 33.6 Å². The molecular formula is C13H17NO. The summed E-state index contributed by atoms with van der Waals surface area (Å²) in [5.41, 5.74) is 2.79. The Hall–Kier alpha value is -1.49. The summed E-state index contributed by atoms with van der Waals surface area (Å²) in [6.45, 7) is 6.86. The van der Waals surface area contributed by atoms with Crippen molar-refractivity contribution in [2.75, 3.05) is 6.61 Å². The number of hydrogen-bond donors (Lipinski definition) is 0. The van der Waals surface area contributed by atoms with Gasteiger partial charge in [0.05, 0.1) is 18.2 Å². The summed E-state index contributed by atoms with van der Waals surface area (Å²) in [4.78, 5) is 0. The van der Waals surface area contributed by atoms with Crippen LogP contribution in [-0.4, -0.2) is 6.61 Å². The van der Waals surface area contributed by atoms with Gasteiger partial charge in [-0.1, -0.05) is 13.3 Å². The average molecular weight is 203 g/mol. The van der Waals surface area contributed by atoms with Gasteiger partial charge in [-0.25, -0.2) is 0 Å². The van der Waals surface area contributed by atoms with E-state index in [1.54, 1.807) is 0 Å². The SMILES string of the molecule is CCCCOc1c(C)cc(C#N)cc1C. The van der Waals surface area contributed by atoms with E-state index >= 15 is 0 Å². The number of nitriles is 1. The molecular weight excluding hydrogens is 186 g/mol. The Balaban J connectivity index is 2.85. The monoisotopic (exact) mass is 203 g/mol. The molecule has 0 amide bonds. The Kier molecular flexibility index (Phi) is 4.17. The zero-order valence-corrected chi connectivity index (χ0v) is 9.63. The van der Waals surface area contributed by atoms with E-state index in [2.05, 4.69) is 13.0 Å². The highest BCUT2D eigenvalue weighted by Gasteiger charge is 2.05. The lowest BCUT2D eigenvalue weighted by molar-refractivity contribution is 0.305. The van der Waals surface area contributed by atoms with Crippen LogP contribution in [0.2, 0.25) is 0 Å². The molecule has 0 spiro atoms. The minimum Gasteiger partial charge on any atom is -0.493 e. The van der Waals surface area contributed by atoms with Crippen molar-refractivity contribution in [2.24, 2.45) is 0 Å². The Bertz CT molecular complexity index is 354. The van der Waals surface area contributed by atoms with Crippen molar-refractivity contribution in [3.8, 4) is 11.8 Å². The van der Waals surface area contributed by atoms with E-state index in [0.717, 1.165) is 36.3 Å². The first-order valence-corrected chi connectivity index (χ1v) is 5.33. The Labute approximate surface area is 91.5 Å². The normalized spacial score (nSPS) is 9.73. The number of aryl methyl sites for hydroxylation is 2. The molecule has 0 aliphatic rings. The number of nitrogens with zero attached hydrogens (tertiary/aromatic N) is 1. The maximum atomic E-state index is 8.80.